The van der Waals surface area contributed by atoms with Crippen molar-refractivity contribution in [3.05, 3.63) is 0 Å². The molecular formula is C10H20N2O2. The quantitative estimate of drug-likeness (QED) is 0.698. The second-order valence-corrected chi connectivity index (χ2v) is 4.26. The molecule has 1 rings (SSSR count). The number of carboxylic acid groups (broad SMARTS) is 1. The normalized spacial score (nSPS) is 29.9. The first kappa shape index (κ1) is 11.5. The maximum Gasteiger partial charge on any atom is 0.305 e. The Hall–Kier alpha value is -0.610. The van der Waals surface area contributed by atoms with E-state index in [0.29, 0.717) is 0 Å². The Kier molecular flexibility index (Phi) is 3.89. The van der Waals surface area contributed by atoms with E-state index in [0.717, 1.165) is 32.4 Å². The molecule has 4 heteroatoms. The summed E-state index contributed by atoms with van der Waals surface area (Å²) in [5.74, 6) is -0.705. The zero-order chi connectivity index (χ0) is 10.6. The second kappa shape index (κ2) is 4.75. The lowest BCUT2D eigenvalue weighted by Crippen LogP contribution is -2.45. The van der Waals surface area contributed by atoms with Crippen molar-refractivity contribution in [2.45, 2.75) is 31.2 Å². The van der Waals surface area contributed by atoms with E-state index in [1.54, 1.807) is 0 Å². The van der Waals surface area contributed by atoms with Crippen LogP contribution in [0, 0.1) is 0 Å². The number of nitrogens with zero attached hydrogens (tertiary/aromatic N) is 1. The topological polar surface area (TPSA) is 52.6 Å². The molecule has 2 N–H and O–H groups in total. The van der Waals surface area contributed by atoms with E-state index < -0.39 is 5.97 Å². The first-order chi connectivity index (χ1) is 6.58. The zero-order valence-electron chi connectivity index (χ0n) is 9.05. The summed E-state index contributed by atoms with van der Waals surface area (Å²) in [5.41, 5.74) is -0.184. The molecule has 1 atom stereocenters. The molecule has 1 unspecified atom stereocenters. The molecule has 0 aromatic heterocycles. The Labute approximate surface area is 85.3 Å². The van der Waals surface area contributed by atoms with Crippen molar-refractivity contribution in [2.24, 2.45) is 0 Å². The first-order valence-corrected chi connectivity index (χ1v) is 5.17. The average molecular weight is 200 g/mol. The molecule has 1 aliphatic rings. The summed E-state index contributed by atoms with van der Waals surface area (Å²) in [6.07, 6.45) is 3.19. The molecule has 1 saturated heterocycles. The monoisotopic (exact) mass is 200 g/mol. The van der Waals surface area contributed by atoms with Crippen molar-refractivity contribution in [3.63, 3.8) is 0 Å². The van der Waals surface area contributed by atoms with E-state index in [1.165, 1.54) is 0 Å². The molecule has 0 saturated carbocycles. The Morgan fingerprint density at radius 1 is 1.50 bits per heavy atom. The van der Waals surface area contributed by atoms with Gasteiger partial charge in [0.15, 0.2) is 0 Å². The molecule has 0 spiro atoms. The van der Waals surface area contributed by atoms with Crippen LogP contribution in [0.3, 0.4) is 0 Å². The molecule has 0 aromatic carbocycles. The summed E-state index contributed by atoms with van der Waals surface area (Å²) in [4.78, 5) is 13.0. The molecule has 0 bridgehead atoms. The van der Waals surface area contributed by atoms with Crippen molar-refractivity contribution >= 4 is 5.97 Å². The number of hydrogen-bond acceptors (Lipinski definition) is 3. The van der Waals surface area contributed by atoms with Gasteiger partial charge in [-0.25, -0.2) is 0 Å². The fourth-order valence-electron chi connectivity index (χ4n) is 2.13. The number of aliphatic carboxylic acids is 1. The smallest absolute Gasteiger partial charge is 0.305 e. The number of rotatable bonds is 3. The van der Waals surface area contributed by atoms with E-state index in [-0.39, 0.29) is 12.0 Å². The van der Waals surface area contributed by atoms with E-state index >= 15 is 0 Å². The zero-order valence-corrected chi connectivity index (χ0v) is 9.05. The Morgan fingerprint density at radius 3 is 2.79 bits per heavy atom. The van der Waals surface area contributed by atoms with Crippen molar-refractivity contribution in [3.8, 4) is 0 Å². The molecule has 4 nitrogen and oxygen atoms in total. The second-order valence-electron chi connectivity index (χ2n) is 4.26. The summed E-state index contributed by atoms with van der Waals surface area (Å²) in [7, 11) is 3.96. The molecule has 0 aromatic rings. The van der Waals surface area contributed by atoms with Gasteiger partial charge in [0.2, 0.25) is 0 Å². The maximum absolute atomic E-state index is 10.8. The fraction of sp³-hybridized carbons (Fsp3) is 0.900. The SMILES string of the molecule is CNC1(CC(=O)O)CCCN(C)CC1. The van der Waals surface area contributed by atoms with Gasteiger partial charge in [-0.15, -0.1) is 0 Å². The number of nitrogens with one attached hydrogen (secondary N) is 1. The molecule has 0 aliphatic carbocycles. The van der Waals surface area contributed by atoms with Crippen LogP contribution in [0.1, 0.15) is 25.7 Å². The number of hydrogen-bond donors (Lipinski definition) is 2. The predicted octanol–water partition coefficient (Wildman–Crippen LogP) is 0.535. The number of likely N-dealkylation sites (tertiary alicyclic amines) is 1. The van der Waals surface area contributed by atoms with Gasteiger partial charge in [0.05, 0.1) is 6.42 Å². The van der Waals surface area contributed by atoms with Crippen LogP contribution in [-0.4, -0.2) is 48.7 Å². The third-order valence-electron chi connectivity index (χ3n) is 3.19. The highest BCUT2D eigenvalue weighted by Crippen LogP contribution is 2.24. The molecule has 1 aliphatic heterocycles. The minimum atomic E-state index is -0.705. The highest BCUT2D eigenvalue weighted by Gasteiger charge is 2.32. The van der Waals surface area contributed by atoms with Gasteiger partial charge in [0, 0.05) is 5.54 Å². The number of carbonyl (C=O) groups is 1. The van der Waals surface area contributed by atoms with Crippen LogP contribution in [0.25, 0.3) is 0 Å². The van der Waals surface area contributed by atoms with Crippen LogP contribution in [0.2, 0.25) is 0 Å². The summed E-state index contributed by atoms with van der Waals surface area (Å²) in [6, 6.07) is 0. The standard InChI is InChI=1S/C10H20N2O2/c1-11-10(8-9(13)14)4-3-6-12(2)7-5-10/h11H,3-8H2,1-2H3,(H,13,14). The van der Waals surface area contributed by atoms with Gasteiger partial charge in [-0.3, -0.25) is 4.79 Å². The Morgan fingerprint density at radius 2 is 2.21 bits per heavy atom. The molecule has 0 amide bonds. The summed E-state index contributed by atoms with van der Waals surface area (Å²) >= 11 is 0. The first-order valence-electron chi connectivity index (χ1n) is 5.17. The highest BCUT2D eigenvalue weighted by atomic mass is 16.4. The van der Waals surface area contributed by atoms with Crippen molar-refractivity contribution in [1.82, 2.24) is 10.2 Å². The van der Waals surface area contributed by atoms with E-state index in [2.05, 4.69) is 17.3 Å². The van der Waals surface area contributed by atoms with Gasteiger partial charge >= 0.3 is 5.97 Å². The van der Waals surface area contributed by atoms with Crippen LogP contribution >= 0.6 is 0 Å². The minimum Gasteiger partial charge on any atom is -0.481 e. The van der Waals surface area contributed by atoms with Crippen LogP contribution in [0.4, 0.5) is 0 Å². The maximum atomic E-state index is 10.8. The minimum absolute atomic E-state index is 0.184. The lowest BCUT2D eigenvalue weighted by Gasteiger charge is -2.30. The lowest BCUT2D eigenvalue weighted by molar-refractivity contribution is -0.138. The van der Waals surface area contributed by atoms with E-state index in [1.807, 2.05) is 7.05 Å². The van der Waals surface area contributed by atoms with Gasteiger partial charge in [-0.1, -0.05) is 0 Å². The average Bonchev–Trinajstić information content (AvgIpc) is 2.29. The molecule has 82 valence electrons. The molecule has 14 heavy (non-hydrogen) atoms. The van der Waals surface area contributed by atoms with E-state index in [4.69, 9.17) is 5.11 Å². The van der Waals surface area contributed by atoms with Gasteiger partial charge in [0.1, 0.15) is 0 Å². The molecule has 1 heterocycles. The summed E-state index contributed by atoms with van der Waals surface area (Å²) < 4.78 is 0. The largest absolute Gasteiger partial charge is 0.481 e. The van der Waals surface area contributed by atoms with Gasteiger partial charge < -0.3 is 15.3 Å². The van der Waals surface area contributed by atoms with Gasteiger partial charge in [0.25, 0.3) is 0 Å². The summed E-state index contributed by atoms with van der Waals surface area (Å²) in [5, 5.41) is 12.1. The third-order valence-corrected chi connectivity index (χ3v) is 3.19. The van der Waals surface area contributed by atoms with Gasteiger partial charge in [-0.2, -0.15) is 0 Å². The Balaban J connectivity index is 2.62. The van der Waals surface area contributed by atoms with Crippen LogP contribution in [-0.2, 0) is 4.79 Å². The fourth-order valence-corrected chi connectivity index (χ4v) is 2.13. The lowest BCUT2D eigenvalue weighted by atomic mass is 9.87. The highest BCUT2D eigenvalue weighted by molar-refractivity contribution is 5.68. The van der Waals surface area contributed by atoms with Crippen molar-refractivity contribution in [2.75, 3.05) is 27.2 Å². The van der Waals surface area contributed by atoms with Crippen molar-refractivity contribution < 1.29 is 9.90 Å². The van der Waals surface area contributed by atoms with Crippen LogP contribution in [0.15, 0.2) is 0 Å². The Bertz CT molecular complexity index is 208. The number of carboxylic acids is 1. The van der Waals surface area contributed by atoms with E-state index in [9.17, 15) is 4.79 Å². The van der Waals surface area contributed by atoms with Crippen molar-refractivity contribution in [1.29, 1.82) is 0 Å². The predicted molar refractivity (Wildman–Crippen MR) is 55.4 cm³/mol. The molecular weight excluding hydrogens is 180 g/mol. The molecule has 1 fully saturated rings. The van der Waals surface area contributed by atoms with Crippen LogP contribution < -0.4 is 5.32 Å². The molecule has 0 radical (unpaired) electrons. The van der Waals surface area contributed by atoms with Gasteiger partial charge in [-0.05, 0) is 46.4 Å². The van der Waals surface area contributed by atoms with Crippen LogP contribution in [0.5, 0.6) is 0 Å². The third kappa shape index (κ3) is 2.96. The summed E-state index contributed by atoms with van der Waals surface area (Å²) in [6.45, 7) is 2.05.